The molecule has 0 radical (unpaired) electrons. The lowest BCUT2D eigenvalue weighted by Gasteiger charge is -2.12. The summed E-state index contributed by atoms with van der Waals surface area (Å²) in [6.45, 7) is 2.68. The lowest BCUT2D eigenvalue weighted by molar-refractivity contribution is 0.0424. The van der Waals surface area contributed by atoms with Crippen molar-refractivity contribution in [3.8, 4) is 17.0 Å². The van der Waals surface area contributed by atoms with Gasteiger partial charge in [-0.15, -0.1) is 0 Å². The fraction of sp³-hybridized carbons (Fsp3) is 0.412. The highest BCUT2D eigenvalue weighted by molar-refractivity contribution is 5.86. The molecule has 1 saturated heterocycles. The number of hydrogen-bond acceptors (Lipinski definition) is 5. The Morgan fingerprint density at radius 2 is 2.17 bits per heavy atom. The third kappa shape index (κ3) is 3.07. The van der Waals surface area contributed by atoms with Gasteiger partial charge in [0.25, 0.3) is 0 Å². The van der Waals surface area contributed by atoms with Crippen LogP contribution in [0.1, 0.15) is 35.3 Å². The quantitative estimate of drug-likeness (QED) is 0.812. The number of nitrogens with zero attached hydrogens (tertiary/aromatic N) is 2. The predicted octanol–water partition coefficient (Wildman–Crippen LogP) is 2.96. The molecule has 1 unspecified atom stereocenters. The van der Waals surface area contributed by atoms with E-state index in [-0.39, 0.29) is 12.1 Å². The van der Waals surface area contributed by atoms with Crippen molar-refractivity contribution >= 4 is 5.97 Å². The Balaban J connectivity index is 2.06. The van der Waals surface area contributed by atoms with Crippen molar-refractivity contribution < 1.29 is 19.0 Å². The van der Waals surface area contributed by atoms with Crippen LogP contribution in [0.25, 0.3) is 11.3 Å². The fourth-order valence-corrected chi connectivity index (χ4v) is 2.79. The summed E-state index contributed by atoms with van der Waals surface area (Å²) in [5.41, 5.74) is 2.65. The third-order valence-corrected chi connectivity index (χ3v) is 3.90. The van der Waals surface area contributed by atoms with Crippen LogP contribution < -0.4 is 4.74 Å². The second-order valence-electron chi connectivity index (χ2n) is 5.56. The van der Waals surface area contributed by atoms with E-state index < -0.39 is 5.97 Å². The zero-order chi connectivity index (χ0) is 16.4. The van der Waals surface area contributed by atoms with Crippen LogP contribution in [0.4, 0.5) is 0 Å². The van der Waals surface area contributed by atoms with E-state index >= 15 is 0 Å². The van der Waals surface area contributed by atoms with Crippen molar-refractivity contribution in [1.82, 2.24) is 9.55 Å². The number of imidazole rings is 1. The largest absolute Gasteiger partial charge is 0.497 e. The highest BCUT2D eigenvalue weighted by Crippen LogP contribution is 2.30. The Kier molecular flexibility index (Phi) is 4.34. The molecule has 1 aromatic carbocycles. The van der Waals surface area contributed by atoms with E-state index in [0.717, 1.165) is 29.7 Å². The lowest BCUT2D eigenvalue weighted by atomic mass is 10.1. The molecule has 23 heavy (non-hydrogen) atoms. The molecule has 1 atom stereocenters. The van der Waals surface area contributed by atoms with Crippen molar-refractivity contribution in [3.63, 3.8) is 0 Å². The van der Waals surface area contributed by atoms with Crippen LogP contribution in [0.5, 0.6) is 5.75 Å². The predicted molar refractivity (Wildman–Crippen MR) is 84.5 cm³/mol. The number of aromatic nitrogens is 2. The molecule has 1 aromatic heterocycles. The number of esters is 1. The van der Waals surface area contributed by atoms with Crippen LogP contribution in [0.2, 0.25) is 0 Å². The fourth-order valence-electron chi connectivity index (χ4n) is 2.79. The Bertz CT molecular complexity index is 717. The van der Waals surface area contributed by atoms with Crippen molar-refractivity contribution in [1.29, 1.82) is 0 Å². The van der Waals surface area contributed by atoms with Crippen molar-refractivity contribution in [2.24, 2.45) is 0 Å². The molecule has 6 heteroatoms. The Morgan fingerprint density at radius 3 is 2.83 bits per heavy atom. The summed E-state index contributed by atoms with van der Waals surface area (Å²) in [7, 11) is 2.98. The summed E-state index contributed by atoms with van der Waals surface area (Å²) in [5, 5.41) is 0. The van der Waals surface area contributed by atoms with E-state index in [4.69, 9.17) is 14.2 Å². The topological polar surface area (TPSA) is 62.6 Å². The van der Waals surface area contributed by atoms with Crippen LogP contribution >= 0.6 is 0 Å². The van der Waals surface area contributed by atoms with E-state index in [9.17, 15) is 4.79 Å². The highest BCUT2D eigenvalue weighted by Gasteiger charge is 2.25. The zero-order valence-corrected chi connectivity index (χ0v) is 13.5. The number of methoxy groups -OCH3 is 2. The molecule has 0 saturated carbocycles. The second kappa shape index (κ2) is 6.42. The van der Waals surface area contributed by atoms with Gasteiger partial charge in [-0.2, -0.15) is 0 Å². The first-order valence-electron chi connectivity index (χ1n) is 7.57. The Labute approximate surface area is 135 Å². The maximum absolute atomic E-state index is 12.0. The number of benzene rings is 1. The van der Waals surface area contributed by atoms with E-state index in [1.165, 1.54) is 7.11 Å². The van der Waals surface area contributed by atoms with Gasteiger partial charge in [0.1, 0.15) is 12.0 Å². The molecule has 1 fully saturated rings. The summed E-state index contributed by atoms with van der Waals surface area (Å²) in [6.07, 6.45) is 3.50. The molecular weight excluding hydrogens is 296 g/mol. The normalized spacial score (nSPS) is 17.3. The standard InChI is InChI=1S/C17H20N2O4/c1-11-7-12(9-13(8-11)21-2)14-10-19(15-5-4-6-23-15)16(18-14)17(20)22-3/h7-10,15H,4-6H2,1-3H3. The van der Waals surface area contributed by atoms with Crippen LogP contribution in [0.15, 0.2) is 24.4 Å². The van der Waals surface area contributed by atoms with E-state index in [2.05, 4.69) is 4.98 Å². The molecule has 3 rings (SSSR count). The number of carbonyl (C=O) groups is 1. The van der Waals surface area contributed by atoms with Gasteiger partial charge in [0, 0.05) is 18.4 Å². The van der Waals surface area contributed by atoms with Gasteiger partial charge in [-0.1, -0.05) is 0 Å². The average Bonchev–Trinajstić information content (AvgIpc) is 3.22. The van der Waals surface area contributed by atoms with Crippen molar-refractivity contribution in [2.45, 2.75) is 26.0 Å². The van der Waals surface area contributed by atoms with Gasteiger partial charge in [-0.3, -0.25) is 4.57 Å². The molecule has 1 aliphatic heterocycles. The highest BCUT2D eigenvalue weighted by atomic mass is 16.5. The van der Waals surface area contributed by atoms with Gasteiger partial charge in [-0.05, 0) is 43.5 Å². The summed E-state index contributed by atoms with van der Waals surface area (Å²) in [4.78, 5) is 16.5. The van der Waals surface area contributed by atoms with Gasteiger partial charge in [-0.25, -0.2) is 9.78 Å². The maximum atomic E-state index is 12.0. The zero-order valence-electron chi connectivity index (χ0n) is 13.5. The minimum atomic E-state index is -0.466. The van der Waals surface area contributed by atoms with Crippen molar-refractivity contribution in [2.75, 3.05) is 20.8 Å². The first-order valence-corrected chi connectivity index (χ1v) is 7.57. The first-order chi connectivity index (χ1) is 11.1. The molecule has 0 spiro atoms. The number of aryl methyl sites for hydroxylation is 1. The van der Waals surface area contributed by atoms with Crippen molar-refractivity contribution in [3.05, 3.63) is 35.8 Å². The van der Waals surface area contributed by atoms with Crippen LogP contribution in [-0.2, 0) is 9.47 Å². The molecule has 0 aliphatic carbocycles. The summed E-state index contributed by atoms with van der Waals surface area (Å²) >= 11 is 0. The molecular formula is C17H20N2O4. The van der Waals surface area contributed by atoms with Gasteiger partial charge in [0.05, 0.1) is 19.9 Å². The maximum Gasteiger partial charge on any atom is 0.374 e. The monoisotopic (exact) mass is 316 g/mol. The number of ether oxygens (including phenoxy) is 3. The number of hydrogen-bond donors (Lipinski definition) is 0. The summed E-state index contributed by atoms with van der Waals surface area (Å²) in [6, 6.07) is 5.85. The van der Waals surface area contributed by atoms with Gasteiger partial charge < -0.3 is 14.2 Å². The first kappa shape index (κ1) is 15.6. The smallest absolute Gasteiger partial charge is 0.374 e. The Hall–Kier alpha value is -2.34. The minimum Gasteiger partial charge on any atom is -0.497 e. The van der Waals surface area contributed by atoms with E-state index in [1.807, 2.05) is 31.3 Å². The minimum absolute atomic E-state index is 0.169. The van der Waals surface area contributed by atoms with Gasteiger partial charge in [0.2, 0.25) is 5.82 Å². The molecule has 1 aliphatic rings. The SMILES string of the molecule is COC(=O)c1nc(-c2cc(C)cc(OC)c2)cn1C1CCCO1. The van der Waals surface area contributed by atoms with Gasteiger partial charge in [0.15, 0.2) is 0 Å². The number of rotatable bonds is 4. The molecule has 0 N–H and O–H groups in total. The van der Waals surface area contributed by atoms with E-state index in [0.29, 0.717) is 12.3 Å². The molecule has 0 bridgehead atoms. The van der Waals surface area contributed by atoms with Gasteiger partial charge >= 0.3 is 5.97 Å². The molecule has 6 nitrogen and oxygen atoms in total. The Morgan fingerprint density at radius 1 is 1.35 bits per heavy atom. The summed E-state index contributed by atoms with van der Waals surface area (Å²) in [5.74, 6) is 0.549. The van der Waals surface area contributed by atoms with E-state index in [1.54, 1.807) is 11.7 Å². The second-order valence-corrected chi connectivity index (χ2v) is 5.56. The molecule has 2 aromatic rings. The molecule has 2 heterocycles. The number of carbonyl (C=O) groups excluding carboxylic acids is 1. The van der Waals surface area contributed by atoms with Crippen LogP contribution in [0.3, 0.4) is 0 Å². The molecule has 0 amide bonds. The van der Waals surface area contributed by atoms with Crippen LogP contribution in [0, 0.1) is 6.92 Å². The average molecular weight is 316 g/mol. The lowest BCUT2D eigenvalue weighted by Crippen LogP contribution is -2.15. The van der Waals surface area contributed by atoms with Crippen LogP contribution in [-0.4, -0.2) is 36.3 Å². The molecule has 122 valence electrons. The summed E-state index contributed by atoms with van der Waals surface area (Å²) < 4.78 is 17.6. The third-order valence-electron chi connectivity index (χ3n) is 3.90.